The van der Waals surface area contributed by atoms with Crippen LogP contribution >= 0.6 is 0 Å². The molecular formula is C18H18N4O. The number of piperazine rings is 1. The molecule has 0 atom stereocenters. The van der Waals surface area contributed by atoms with Gasteiger partial charge in [0.15, 0.2) is 0 Å². The lowest BCUT2D eigenvalue weighted by molar-refractivity contribution is 0.568. The molecule has 0 aliphatic carbocycles. The van der Waals surface area contributed by atoms with Gasteiger partial charge in [0.2, 0.25) is 0 Å². The van der Waals surface area contributed by atoms with Crippen molar-refractivity contribution in [1.29, 1.82) is 0 Å². The van der Waals surface area contributed by atoms with Crippen LogP contribution in [0.15, 0.2) is 65.7 Å². The Morgan fingerprint density at radius 2 is 1.65 bits per heavy atom. The molecule has 1 saturated heterocycles. The molecule has 0 amide bonds. The third-order valence-electron chi connectivity index (χ3n) is 4.16. The molecule has 23 heavy (non-hydrogen) atoms. The predicted octanol–water partition coefficient (Wildman–Crippen LogP) is 3.06. The lowest BCUT2D eigenvalue weighted by Gasteiger charge is -2.36. The Kier molecular flexibility index (Phi) is 3.68. The molecule has 1 aliphatic rings. The minimum Gasteiger partial charge on any atom is -0.472 e. The molecule has 116 valence electrons. The lowest BCUT2D eigenvalue weighted by Crippen LogP contribution is -2.46. The largest absolute Gasteiger partial charge is 0.472 e. The fourth-order valence-corrected chi connectivity index (χ4v) is 2.89. The molecule has 0 bridgehead atoms. The first-order valence-corrected chi connectivity index (χ1v) is 7.80. The zero-order chi connectivity index (χ0) is 15.5. The standard InChI is InChI=1S/C18H18N4O/c1-2-4-16(5-3-1)21-7-9-22(10-8-21)18-13-19-12-17(20-18)15-6-11-23-14-15/h1-6,11-14H,7-10H2. The second kappa shape index (κ2) is 6.12. The number of anilines is 2. The van der Waals surface area contributed by atoms with E-state index in [0.29, 0.717) is 0 Å². The van der Waals surface area contributed by atoms with E-state index in [2.05, 4.69) is 45.1 Å². The van der Waals surface area contributed by atoms with Gasteiger partial charge in [0.25, 0.3) is 0 Å². The van der Waals surface area contributed by atoms with Gasteiger partial charge in [-0.3, -0.25) is 4.98 Å². The summed E-state index contributed by atoms with van der Waals surface area (Å²) in [6, 6.07) is 12.4. The zero-order valence-corrected chi connectivity index (χ0v) is 12.8. The van der Waals surface area contributed by atoms with E-state index in [-0.39, 0.29) is 0 Å². The van der Waals surface area contributed by atoms with Crippen LogP contribution in [-0.4, -0.2) is 36.1 Å². The Balaban J connectivity index is 1.47. The number of furan rings is 1. The summed E-state index contributed by atoms with van der Waals surface area (Å²) < 4.78 is 5.13. The van der Waals surface area contributed by atoms with Gasteiger partial charge in [-0.25, -0.2) is 4.98 Å². The second-order valence-electron chi connectivity index (χ2n) is 5.58. The summed E-state index contributed by atoms with van der Waals surface area (Å²) in [5, 5.41) is 0. The van der Waals surface area contributed by atoms with Crippen LogP contribution in [0.3, 0.4) is 0 Å². The van der Waals surface area contributed by atoms with Crippen LogP contribution in [0.25, 0.3) is 11.3 Å². The van der Waals surface area contributed by atoms with Crippen molar-refractivity contribution >= 4 is 11.5 Å². The summed E-state index contributed by atoms with van der Waals surface area (Å²) in [5.74, 6) is 0.927. The molecule has 5 nitrogen and oxygen atoms in total. The first kappa shape index (κ1) is 13.8. The maximum absolute atomic E-state index is 5.13. The van der Waals surface area contributed by atoms with E-state index in [0.717, 1.165) is 43.3 Å². The maximum Gasteiger partial charge on any atom is 0.147 e. The Labute approximate surface area is 135 Å². The van der Waals surface area contributed by atoms with E-state index in [1.165, 1.54) is 5.69 Å². The maximum atomic E-state index is 5.13. The van der Waals surface area contributed by atoms with Crippen molar-refractivity contribution in [2.75, 3.05) is 36.0 Å². The fourth-order valence-electron chi connectivity index (χ4n) is 2.89. The first-order chi connectivity index (χ1) is 11.4. The van der Waals surface area contributed by atoms with Gasteiger partial charge >= 0.3 is 0 Å². The van der Waals surface area contributed by atoms with Gasteiger partial charge in [-0.15, -0.1) is 0 Å². The number of rotatable bonds is 3. The van der Waals surface area contributed by atoms with Crippen LogP contribution in [0.1, 0.15) is 0 Å². The number of hydrogen-bond donors (Lipinski definition) is 0. The van der Waals surface area contributed by atoms with E-state index in [1.807, 2.05) is 12.3 Å². The highest BCUT2D eigenvalue weighted by molar-refractivity contribution is 5.59. The number of benzene rings is 1. The van der Waals surface area contributed by atoms with E-state index in [4.69, 9.17) is 9.40 Å². The van der Waals surface area contributed by atoms with E-state index in [1.54, 1.807) is 18.7 Å². The number of hydrogen-bond acceptors (Lipinski definition) is 5. The average molecular weight is 306 g/mol. The average Bonchev–Trinajstić information content (AvgIpc) is 3.18. The summed E-state index contributed by atoms with van der Waals surface area (Å²) in [4.78, 5) is 13.7. The van der Waals surface area contributed by atoms with Crippen LogP contribution in [0.2, 0.25) is 0 Å². The number of para-hydroxylation sites is 1. The fraction of sp³-hybridized carbons (Fsp3) is 0.222. The van der Waals surface area contributed by atoms with Gasteiger partial charge in [0.05, 0.1) is 30.6 Å². The third-order valence-corrected chi connectivity index (χ3v) is 4.16. The van der Waals surface area contributed by atoms with E-state index in [9.17, 15) is 0 Å². The first-order valence-electron chi connectivity index (χ1n) is 7.80. The van der Waals surface area contributed by atoms with Gasteiger partial charge in [0, 0.05) is 37.4 Å². The van der Waals surface area contributed by atoms with Crippen molar-refractivity contribution in [2.24, 2.45) is 0 Å². The smallest absolute Gasteiger partial charge is 0.147 e. The quantitative estimate of drug-likeness (QED) is 0.744. The van der Waals surface area contributed by atoms with Crippen LogP contribution in [0.4, 0.5) is 11.5 Å². The van der Waals surface area contributed by atoms with Gasteiger partial charge in [-0.05, 0) is 18.2 Å². The molecule has 1 aliphatic heterocycles. The highest BCUT2D eigenvalue weighted by Crippen LogP contribution is 2.22. The summed E-state index contributed by atoms with van der Waals surface area (Å²) in [7, 11) is 0. The third kappa shape index (κ3) is 2.90. The molecule has 1 fully saturated rings. The lowest BCUT2D eigenvalue weighted by atomic mass is 10.2. The van der Waals surface area contributed by atoms with Crippen molar-refractivity contribution < 1.29 is 4.42 Å². The Hall–Kier alpha value is -2.82. The molecule has 0 N–H and O–H groups in total. The Bertz CT molecular complexity index is 750. The van der Waals surface area contributed by atoms with Crippen molar-refractivity contribution in [3.63, 3.8) is 0 Å². The van der Waals surface area contributed by atoms with Crippen molar-refractivity contribution in [3.8, 4) is 11.3 Å². The van der Waals surface area contributed by atoms with Gasteiger partial charge < -0.3 is 14.2 Å². The van der Waals surface area contributed by atoms with Crippen molar-refractivity contribution in [2.45, 2.75) is 0 Å². The summed E-state index contributed by atoms with van der Waals surface area (Å²) in [6.45, 7) is 3.86. The van der Waals surface area contributed by atoms with Crippen molar-refractivity contribution in [3.05, 3.63) is 61.3 Å². The summed E-state index contributed by atoms with van der Waals surface area (Å²) >= 11 is 0. The van der Waals surface area contributed by atoms with E-state index < -0.39 is 0 Å². The van der Waals surface area contributed by atoms with Crippen LogP contribution in [-0.2, 0) is 0 Å². The molecule has 2 aromatic heterocycles. The molecule has 3 heterocycles. The molecule has 0 spiro atoms. The Morgan fingerprint density at radius 1 is 0.870 bits per heavy atom. The molecule has 5 heteroatoms. The van der Waals surface area contributed by atoms with Gasteiger partial charge in [-0.2, -0.15) is 0 Å². The topological polar surface area (TPSA) is 45.4 Å². The summed E-state index contributed by atoms with van der Waals surface area (Å²) in [6.07, 6.45) is 6.96. The monoisotopic (exact) mass is 306 g/mol. The van der Waals surface area contributed by atoms with Gasteiger partial charge in [0.1, 0.15) is 5.82 Å². The molecule has 0 saturated carbocycles. The molecule has 1 aromatic carbocycles. The minimum absolute atomic E-state index is 0.849. The molecule has 3 aromatic rings. The van der Waals surface area contributed by atoms with E-state index >= 15 is 0 Å². The zero-order valence-electron chi connectivity index (χ0n) is 12.8. The molecule has 0 unspecified atom stereocenters. The number of nitrogens with zero attached hydrogens (tertiary/aromatic N) is 4. The van der Waals surface area contributed by atoms with Crippen LogP contribution in [0.5, 0.6) is 0 Å². The highest BCUT2D eigenvalue weighted by Gasteiger charge is 2.19. The van der Waals surface area contributed by atoms with Crippen molar-refractivity contribution in [1.82, 2.24) is 9.97 Å². The SMILES string of the molecule is c1ccc(N2CCN(c3cncc(-c4ccoc4)n3)CC2)cc1. The second-order valence-corrected chi connectivity index (χ2v) is 5.58. The summed E-state index contributed by atoms with van der Waals surface area (Å²) in [5.41, 5.74) is 3.09. The molecule has 4 rings (SSSR count). The molecular weight excluding hydrogens is 288 g/mol. The molecule has 0 radical (unpaired) electrons. The normalized spacial score (nSPS) is 15.0. The minimum atomic E-state index is 0.849. The predicted molar refractivity (Wildman–Crippen MR) is 90.6 cm³/mol. The highest BCUT2D eigenvalue weighted by atomic mass is 16.3. The number of aromatic nitrogens is 2. The van der Waals surface area contributed by atoms with Gasteiger partial charge in [-0.1, -0.05) is 18.2 Å². The Morgan fingerprint density at radius 3 is 2.39 bits per heavy atom. The van der Waals surface area contributed by atoms with Crippen LogP contribution in [0, 0.1) is 0 Å². The van der Waals surface area contributed by atoms with Crippen LogP contribution < -0.4 is 9.80 Å².